The van der Waals surface area contributed by atoms with Gasteiger partial charge in [0.1, 0.15) is 18.1 Å². The molecule has 0 N–H and O–H groups in total. The van der Waals surface area contributed by atoms with E-state index in [-0.39, 0.29) is 11.7 Å². The molecular weight excluding hydrogens is 386 g/mol. The largest absolute Gasteiger partial charge is 0.493 e. The molecule has 1 aliphatic carbocycles. The van der Waals surface area contributed by atoms with Crippen LogP contribution in [0.3, 0.4) is 0 Å². The molecule has 0 radical (unpaired) electrons. The number of carbonyl (C=O) groups is 1. The standard InChI is InChI=1S/C27H29NO3/c1-3-20-10-13-23(28-17-20)14-15-30-24-8-5-9-25(16-24)31-18-22-7-4-6-19(2)26(22)27(29)21-11-12-21/h4-10,13,16-17,21H,3,11-12,14-15,18H2,1-2H3. The molecule has 4 heteroatoms. The highest BCUT2D eigenvalue weighted by atomic mass is 16.5. The average Bonchev–Trinajstić information content (AvgIpc) is 3.64. The molecule has 31 heavy (non-hydrogen) atoms. The summed E-state index contributed by atoms with van der Waals surface area (Å²) in [7, 11) is 0. The van der Waals surface area contributed by atoms with E-state index >= 15 is 0 Å². The monoisotopic (exact) mass is 415 g/mol. The lowest BCUT2D eigenvalue weighted by Crippen LogP contribution is -2.10. The Hall–Kier alpha value is -3.14. The van der Waals surface area contributed by atoms with Crippen LogP contribution in [0.4, 0.5) is 0 Å². The molecular formula is C27H29NO3. The third-order valence-electron chi connectivity index (χ3n) is 5.67. The van der Waals surface area contributed by atoms with E-state index in [9.17, 15) is 4.79 Å². The van der Waals surface area contributed by atoms with E-state index in [1.54, 1.807) is 0 Å². The first kappa shape index (κ1) is 21.1. The molecule has 1 saturated carbocycles. The lowest BCUT2D eigenvalue weighted by molar-refractivity contribution is 0.0964. The Labute approximate surface area is 184 Å². The van der Waals surface area contributed by atoms with E-state index < -0.39 is 0 Å². The number of aryl methyl sites for hydroxylation is 2. The van der Waals surface area contributed by atoms with Gasteiger partial charge in [0.15, 0.2) is 5.78 Å². The number of hydrogen-bond acceptors (Lipinski definition) is 4. The molecule has 3 aromatic rings. The van der Waals surface area contributed by atoms with E-state index in [0.29, 0.717) is 13.2 Å². The summed E-state index contributed by atoms with van der Waals surface area (Å²) in [6.45, 7) is 5.05. The molecule has 160 valence electrons. The number of benzene rings is 2. The predicted molar refractivity (Wildman–Crippen MR) is 122 cm³/mol. The fraction of sp³-hybridized carbons (Fsp3) is 0.333. The minimum Gasteiger partial charge on any atom is -0.493 e. The molecule has 0 aliphatic heterocycles. The van der Waals surface area contributed by atoms with Crippen molar-refractivity contribution in [1.29, 1.82) is 0 Å². The maximum absolute atomic E-state index is 12.7. The van der Waals surface area contributed by atoms with Gasteiger partial charge in [-0.25, -0.2) is 0 Å². The molecule has 0 saturated heterocycles. The highest BCUT2D eigenvalue weighted by Gasteiger charge is 2.32. The Morgan fingerprint density at radius 1 is 1.03 bits per heavy atom. The summed E-state index contributed by atoms with van der Waals surface area (Å²) in [5, 5.41) is 0. The Balaban J connectivity index is 1.35. The van der Waals surface area contributed by atoms with Crippen molar-refractivity contribution in [2.45, 2.75) is 46.1 Å². The van der Waals surface area contributed by atoms with E-state index in [0.717, 1.165) is 59.6 Å². The van der Waals surface area contributed by atoms with Crippen LogP contribution in [0.5, 0.6) is 11.5 Å². The number of ketones is 1. The number of pyridine rings is 1. The van der Waals surface area contributed by atoms with E-state index in [4.69, 9.17) is 9.47 Å². The molecule has 1 aliphatic rings. The third-order valence-corrected chi connectivity index (χ3v) is 5.67. The van der Waals surface area contributed by atoms with Crippen LogP contribution >= 0.6 is 0 Å². The Bertz CT molecular complexity index is 1040. The Morgan fingerprint density at radius 3 is 2.52 bits per heavy atom. The van der Waals surface area contributed by atoms with Crippen LogP contribution in [-0.4, -0.2) is 17.4 Å². The Kier molecular flexibility index (Phi) is 6.66. The summed E-state index contributed by atoms with van der Waals surface area (Å²) in [6.07, 6.45) is 5.69. The van der Waals surface area contributed by atoms with Crippen molar-refractivity contribution < 1.29 is 14.3 Å². The van der Waals surface area contributed by atoms with Crippen LogP contribution in [0.2, 0.25) is 0 Å². The zero-order valence-electron chi connectivity index (χ0n) is 18.3. The quantitative estimate of drug-likeness (QED) is 0.396. The molecule has 0 spiro atoms. The first-order chi connectivity index (χ1) is 15.1. The Morgan fingerprint density at radius 2 is 1.81 bits per heavy atom. The highest BCUT2D eigenvalue weighted by molar-refractivity contribution is 6.01. The van der Waals surface area contributed by atoms with Gasteiger partial charge in [0.2, 0.25) is 0 Å². The molecule has 1 fully saturated rings. The van der Waals surface area contributed by atoms with Gasteiger partial charge in [-0.2, -0.15) is 0 Å². The fourth-order valence-electron chi connectivity index (χ4n) is 3.65. The van der Waals surface area contributed by atoms with Gasteiger partial charge in [-0.3, -0.25) is 9.78 Å². The number of hydrogen-bond donors (Lipinski definition) is 0. The molecule has 0 bridgehead atoms. The van der Waals surface area contributed by atoms with Gasteiger partial charge < -0.3 is 9.47 Å². The lowest BCUT2D eigenvalue weighted by Gasteiger charge is -2.13. The topological polar surface area (TPSA) is 48.4 Å². The first-order valence-corrected chi connectivity index (χ1v) is 11.1. The van der Waals surface area contributed by atoms with Crippen LogP contribution in [0, 0.1) is 12.8 Å². The molecule has 0 unspecified atom stereocenters. The zero-order chi connectivity index (χ0) is 21.6. The number of nitrogens with zero attached hydrogens (tertiary/aromatic N) is 1. The highest BCUT2D eigenvalue weighted by Crippen LogP contribution is 2.34. The molecule has 4 rings (SSSR count). The number of carbonyl (C=O) groups excluding carboxylic acids is 1. The summed E-state index contributed by atoms with van der Waals surface area (Å²) in [6, 6.07) is 17.8. The summed E-state index contributed by atoms with van der Waals surface area (Å²) in [5.41, 5.74) is 5.07. The summed E-state index contributed by atoms with van der Waals surface area (Å²) >= 11 is 0. The minimum atomic E-state index is 0.198. The lowest BCUT2D eigenvalue weighted by atomic mass is 9.96. The van der Waals surface area contributed by atoms with Gasteiger partial charge in [-0.15, -0.1) is 0 Å². The van der Waals surface area contributed by atoms with Crippen LogP contribution < -0.4 is 9.47 Å². The molecule has 2 aromatic carbocycles. The van der Waals surface area contributed by atoms with E-state index in [1.165, 1.54) is 5.56 Å². The van der Waals surface area contributed by atoms with Gasteiger partial charge in [0, 0.05) is 41.4 Å². The predicted octanol–water partition coefficient (Wildman–Crippen LogP) is 5.75. The minimum absolute atomic E-state index is 0.198. The van der Waals surface area contributed by atoms with Crippen molar-refractivity contribution in [2.75, 3.05) is 6.61 Å². The summed E-state index contributed by atoms with van der Waals surface area (Å²) in [5.74, 6) is 1.95. The van der Waals surface area contributed by atoms with Gasteiger partial charge in [0.05, 0.1) is 6.61 Å². The smallest absolute Gasteiger partial charge is 0.166 e. The van der Waals surface area contributed by atoms with E-state index in [1.807, 2.05) is 55.6 Å². The van der Waals surface area contributed by atoms with Gasteiger partial charge in [-0.05, 0) is 55.5 Å². The SMILES string of the molecule is CCc1ccc(CCOc2cccc(OCc3cccc(C)c3C(=O)C3CC3)c2)nc1. The van der Waals surface area contributed by atoms with Gasteiger partial charge in [0.25, 0.3) is 0 Å². The van der Waals surface area contributed by atoms with Crippen LogP contribution in [0.25, 0.3) is 0 Å². The van der Waals surface area contributed by atoms with E-state index in [2.05, 4.69) is 24.0 Å². The van der Waals surface area contributed by atoms with Gasteiger partial charge in [-0.1, -0.05) is 37.3 Å². The number of aromatic nitrogens is 1. The maximum atomic E-state index is 12.7. The summed E-state index contributed by atoms with van der Waals surface area (Å²) < 4.78 is 11.9. The number of Topliss-reactive ketones (excluding diaryl/α,β-unsaturated/α-hetero) is 1. The van der Waals surface area contributed by atoms with Crippen molar-refractivity contribution in [1.82, 2.24) is 4.98 Å². The van der Waals surface area contributed by atoms with Gasteiger partial charge >= 0.3 is 0 Å². The molecule has 1 heterocycles. The fourth-order valence-corrected chi connectivity index (χ4v) is 3.65. The number of ether oxygens (including phenoxy) is 2. The first-order valence-electron chi connectivity index (χ1n) is 11.1. The van der Waals surface area contributed by atoms with Crippen LogP contribution in [0.1, 0.15) is 52.5 Å². The second kappa shape index (κ2) is 9.78. The van der Waals surface area contributed by atoms with Crippen molar-refractivity contribution in [3.63, 3.8) is 0 Å². The van der Waals surface area contributed by atoms with Crippen LogP contribution in [-0.2, 0) is 19.4 Å². The van der Waals surface area contributed by atoms with Crippen molar-refractivity contribution in [3.8, 4) is 11.5 Å². The van der Waals surface area contributed by atoms with Crippen molar-refractivity contribution >= 4 is 5.78 Å². The normalized spacial score (nSPS) is 13.1. The molecule has 0 amide bonds. The third kappa shape index (κ3) is 5.52. The maximum Gasteiger partial charge on any atom is 0.166 e. The van der Waals surface area contributed by atoms with Crippen molar-refractivity contribution in [3.05, 3.63) is 88.7 Å². The second-order valence-corrected chi connectivity index (χ2v) is 8.12. The summed E-state index contributed by atoms with van der Waals surface area (Å²) in [4.78, 5) is 17.2. The average molecular weight is 416 g/mol. The van der Waals surface area contributed by atoms with Crippen molar-refractivity contribution in [2.24, 2.45) is 5.92 Å². The molecule has 0 atom stereocenters. The molecule has 4 nitrogen and oxygen atoms in total. The van der Waals surface area contributed by atoms with Crippen LogP contribution in [0.15, 0.2) is 60.8 Å². The molecule has 1 aromatic heterocycles. The second-order valence-electron chi connectivity index (χ2n) is 8.12. The number of rotatable bonds is 10. The zero-order valence-corrected chi connectivity index (χ0v) is 18.3.